The van der Waals surface area contributed by atoms with Crippen LogP contribution in [0.5, 0.6) is 5.75 Å². The molecule has 1 aromatic carbocycles. The maximum Gasteiger partial charge on any atom is 0.232 e. The molecule has 1 aliphatic rings. The predicted octanol–water partition coefficient (Wildman–Crippen LogP) is 4.41. The molecule has 24 heavy (non-hydrogen) atoms. The summed E-state index contributed by atoms with van der Waals surface area (Å²) < 4.78 is 5.49. The van der Waals surface area contributed by atoms with Gasteiger partial charge in [0.1, 0.15) is 11.4 Å². The van der Waals surface area contributed by atoms with Crippen molar-refractivity contribution in [3.8, 4) is 5.75 Å². The smallest absolute Gasteiger partial charge is 0.232 e. The number of carbonyl (C=O) groups is 1. The summed E-state index contributed by atoms with van der Waals surface area (Å²) in [5.74, 6) is 1.23. The van der Waals surface area contributed by atoms with Crippen molar-refractivity contribution in [3.63, 3.8) is 0 Å². The Morgan fingerprint density at radius 1 is 1.42 bits per heavy atom. The summed E-state index contributed by atoms with van der Waals surface area (Å²) >= 11 is 6.49. The van der Waals surface area contributed by atoms with Crippen LogP contribution >= 0.6 is 11.6 Å². The number of nitrogens with zero attached hydrogens (tertiary/aromatic N) is 1. The summed E-state index contributed by atoms with van der Waals surface area (Å²) in [6, 6.07) is 3.48. The molecule has 0 saturated heterocycles. The topological polar surface area (TPSA) is 49.8 Å². The van der Waals surface area contributed by atoms with Gasteiger partial charge in [-0.05, 0) is 37.0 Å². The van der Waals surface area contributed by atoms with Gasteiger partial charge in [-0.1, -0.05) is 45.2 Å². The molecule has 1 aromatic rings. The molecule has 134 valence electrons. The number of rotatable bonds is 6. The lowest BCUT2D eigenvalue weighted by atomic mass is 9.92. The minimum absolute atomic E-state index is 0.0209. The summed E-state index contributed by atoms with van der Waals surface area (Å²) in [4.78, 5) is 14.9. The lowest BCUT2D eigenvalue weighted by Gasteiger charge is -2.36. The van der Waals surface area contributed by atoms with Gasteiger partial charge in [-0.2, -0.15) is 0 Å². The third-order valence-corrected chi connectivity index (χ3v) is 4.69. The summed E-state index contributed by atoms with van der Waals surface area (Å²) in [6.07, 6.45) is 3.43. The van der Waals surface area contributed by atoms with Crippen LogP contribution in [0, 0.1) is 11.3 Å². The van der Waals surface area contributed by atoms with Crippen molar-refractivity contribution in [3.05, 3.63) is 22.7 Å². The number of ether oxygens (including phenoxy) is 1. The first-order chi connectivity index (χ1) is 11.2. The van der Waals surface area contributed by atoms with E-state index in [4.69, 9.17) is 16.3 Å². The minimum Gasteiger partial charge on any atom is -0.495 e. The lowest BCUT2D eigenvalue weighted by molar-refractivity contribution is -0.126. The molecule has 0 aromatic heterocycles. The number of hydrogen-bond acceptors (Lipinski definition) is 3. The average molecular weight is 354 g/mol. The van der Waals surface area contributed by atoms with Crippen molar-refractivity contribution < 1.29 is 14.6 Å². The molecular weight excluding hydrogens is 326 g/mol. The zero-order valence-corrected chi connectivity index (χ0v) is 16.0. The van der Waals surface area contributed by atoms with E-state index in [0.717, 1.165) is 6.42 Å². The molecule has 0 heterocycles. The summed E-state index contributed by atoms with van der Waals surface area (Å²) in [5, 5.41) is 9.82. The zero-order chi connectivity index (χ0) is 18.1. The van der Waals surface area contributed by atoms with Crippen molar-refractivity contribution in [1.29, 1.82) is 0 Å². The molecule has 1 fully saturated rings. The third-order valence-electron chi connectivity index (χ3n) is 4.40. The molecule has 1 unspecified atom stereocenters. The highest BCUT2D eigenvalue weighted by Crippen LogP contribution is 2.43. The van der Waals surface area contributed by atoms with E-state index in [2.05, 4.69) is 6.92 Å². The first-order valence-corrected chi connectivity index (χ1v) is 8.87. The molecule has 0 radical (unpaired) electrons. The van der Waals surface area contributed by atoms with Gasteiger partial charge in [0.05, 0.1) is 18.7 Å². The zero-order valence-electron chi connectivity index (χ0n) is 15.2. The van der Waals surface area contributed by atoms with Gasteiger partial charge in [0.15, 0.2) is 0 Å². The van der Waals surface area contributed by atoms with Crippen LogP contribution in [-0.2, 0) is 11.4 Å². The number of aliphatic hydroxyl groups excluding tert-OH is 1. The number of amides is 1. The second-order valence-electron chi connectivity index (χ2n) is 7.74. The Bertz CT molecular complexity index is 605. The number of aliphatic hydroxyl groups is 1. The standard InChI is InChI=1S/C19H28ClNO3/c1-12(8-13-6-7-13)21(18(23)19(2,3)4)17-15(20)9-14(11-22)10-16(17)24-5/h9-10,12-13,22H,6-8,11H2,1-5H3. The van der Waals surface area contributed by atoms with Crippen molar-refractivity contribution in [2.45, 2.75) is 59.6 Å². The van der Waals surface area contributed by atoms with E-state index in [1.807, 2.05) is 20.8 Å². The Hall–Kier alpha value is -1.26. The Labute approximate surface area is 149 Å². The second kappa shape index (κ2) is 7.32. The fourth-order valence-corrected chi connectivity index (χ4v) is 3.26. The first-order valence-electron chi connectivity index (χ1n) is 8.50. The van der Waals surface area contributed by atoms with Crippen molar-refractivity contribution in [2.75, 3.05) is 12.0 Å². The molecule has 1 atom stereocenters. The molecule has 1 saturated carbocycles. The molecule has 1 aliphatic carbocycles. The van der Waals surface area contributed by atoms with Crippen molar-refractivity contribution in [2.24, 2.45) is 11.3 Å². The van der Waals surface area contributed by atoms with Gasteiger partial charge in [-0.25, -0.2) is 0 Å². The first kappa shape index (κ1) is 19.1. The van der Waals surface area contributed by atoms with E-state index in [9.17, 15) is 9.90 Å². The molecule has 0 aliphatic heterocycles. The van der Waals surface area contributed by atoms with Crippen LogP contribution in [0.4, 0.5) is 5.69 Å². The van der Waals surface area contributed by atoms with Crippen LogP contribution in [0.3, 0.4) is 0 Å². The third kappa shape index (κ3) is 4.22. The van der Waals surface area contributed by atoms with Gasteiger partial charge in [0.25, 0.3) is 0 Å². The highest BCUT2D eigenvalue weighted by molar-refractivity contribution is 6.34. The van der Waals surface area contributed by atoms with Gasteiger partial charge in [-0.3, -0.25) is 4.79 Å². The summed E-state index contributed by atoms with van der Waals surface area (Å²) in [6.45, 7) is 7.68. The van der Waals surface area contributed by atoms with Gasteiger partial charge in [0, 0.05) is 11.5 Å². The van der Waals surface area contributed by atoms with E-state index in [1.165, 1.54) is 12.8 Å². The van der Waals surface area contributed by atoms with Gasteiger partial charge in [0.2, 0.25) is 5.91 Å². The average Bonchev–Trinajstić information content (AvgIpc) is 3.31. The van der Waals surface area contributed by atoms with Crippen LogP contribution in [-0.4, -0.2) is 24.2 Å². The molecule has 4 nitrogen and oxygen atoms in total. The predicted molar refractivity (Wildman–Crippen MR) is 97.7 cm³/mol. The molecule has 2 rings (SSSR count). The Morgan fingerprint density at radius 3 is 2.50 bits per heavy atom. The summed E-state index contributed by atoms with van der Waals surface area (Å²) in [5.41, 5.74) is 0.741. The van der Waals surface area contributed by atoms with E-state index in [0.29, 0.717) is 27.9 Å². The molecule has 1 amide bonds. The normalized spacial score (nSPS) is 16.0. The van der Waals surface area contributed by atoms with Gasteiger partial charge >= 0.3 is 0 Å². The van der Waals surface area contributed by atoms with E-state index in [1.54, 1.807) is 24.1 Å². The van der Waals surface area contributed by atoms with Crippen LogP contribution in [0.15, 0.2) is 12.1 Å². The number of methoxy groups -OCH3 is 1. The fourth-order valence-electron chi connectivity index (χ4n) is 2.93. The van der Waals surface area contributed by atoms with Crippen LogP contribution in [0.1, 0.15) is 52.5 Å². The van der Waals surface area contributed by atoms with Crippen LogP contribution < -0.4 is 9.64 Å². The number of anilines is 1. The highest BCUT2D eigenvalue weighted by atomic mass is 35.5. The van der Waals surface area contributed by atoms with Gasteiger partial charge < -0.3 is 14.7 Å². The monoisotopic (exact) mass is 353 g/mol. The second-order valence-corrected chi connectivity index (χ2v) is 8.15. The van der Waals surface area contributed by atoms with Crippen LogP contribution in [0.25, 0.3) is 0 Å². The Balaban J connectivity index is 2.51. The van der Waals surface area contributed by atoms with Crippen molar-refractivity contribution >= 4 is 23.2 Å². The minimum atomic E-state index is -0.526. The summed E-state index contributed by atoms with van der Waals surface area (Å²) in [7, 11) is 1.56. The maximum atomic E-state index is 13.1. The molecule has 0 spiro atoms. The van der Waals surface area contributed by atoms with E-state index < -0.39 is 5.41 Å². The molecule has 1 N–H and O–H groups in total. The number of carbonyl (C=O) groups excluding carboxylic acids is 1. The van der Waals surface area contributed by atoms with E-state index >= 15 is 0 Å². The fraction of sp³-hybridized carbons (Fsp3) is 0.632. The number of halogens is 1. The molecule has 0 bridgehead atoms. The molecule has 5 heteroatoms. The number of benzene rings is 1. The largest absolute Gasteiger partial charge is 0.495 e. The lowest BCUT2D eigenvalue weighted by Crippen LogP contribution is -2.45. The Morgan fingerprint density at radius 2 is 2.04 bits per heavy atom. The number of hydrogen-bond donors (Lipinski definition) is 1. The van der Waals surface area contributed by atoms with Crippen LogP contribution in [0.2, 0.25) is 5.02 Å². The highest BCUT2D eigenvalue weighted by Gasteiger charge is 2.36. The van der Waals surface area contributed by atoms with E-state index in [-0.39, 0.29) is 18.6 Å². The SMILES string of the molecule is COc1cc(CO)cc(Cl)c1N(C(=O)C(C)(C)C)C(C)CC1CC1. The molecular formula is C19H28ClNO3. The Kier molecular flexibility index (Phi) is 5.82. The van der Waals surface area contributed by atoms with Crippen molar-refractivity contribution in [1.82, 2.24) is 0 Å². The maximum absolute atomic E-state index is 13.1. The quantitative estimate of drug-likeness (QED) is 0.824. The van der Waals surface area contributed by atoms with Gasteiger partial charge in [-0.15, -0.1) is 0 Å².